The molecule has 0 radical (unpaired) electrons. The first-order valence-corrected chi connectivity index (χ1v) is 10.2. The van der Waals surface area contributed by atoms with E-state index in [0.29, 0.717) is 11.3 Å². The second kappa shape index (κ2) is 11.1. The van der Waals surface area contributed by atoms with Gasteiger partial charge < -0.3 is 29.6 Å². The fourth-order valence-corrected chi connectivity index (χ4v) is 3.25. The van der Waals surface area contributed by atoms with Crippen molar-refractivity contribution in [3.05, 3.63) is 70.9 Å². The summed E-state index contributed by atoms with van der Waals surface area (Å²) in [5.74, 6) is -1.22. The Morgan fingerprint density at radius 1 is 1.03 bits per heavy atom. The zero-order valence-corrected chi connectivity index (χ0v) is 18.3. The van der Waals surface area contributed by atoms with Gasteiger partial charge in [0, 0.05) is 0 Å². The second-order valence-corrected chi connectivity index (χ2v) is 6.90. The number of rotatable bonds is 9. The minimum absolute atomic E-state index is 0.0244. The lowest BCUT2D eigenvalue weighted by molar-refractivity contribution is -0.139. The molecule has 1 aliphatic rings. The Hall–Kier alpha value is -4.15. The van der Waals surface area contributed by atoms with Crippen LogP contribution in [-0.4, -0.2) is 44.9 Å². The van der Waals surface area contributed by atoms with Crippen LogP contribution >= 0.6 is 0 Å². The quantitative estimate of drug-likeness (QED) is 0.534. The molecular weight excluding hydrogens is 454 g/mol. The summed E-state index contributed by atoms with van der Waals surface area (Å²) in [5, 5.41) is 5.13. The SMILES string of the molecule is CCOC(=O)C1=C(COC(=O)c2cccc(OC(F)F)c2)NC(=O)NC1c1ccc(OC)cc1. The van der Waals surface area contributed by atoms with Gasteiger partial charge in [-0.05, 0) is 42.8 Å². The van der Waals surface area contributed by atoms with E-state index in [1.165, 1.54) is 25.3 Å². The van der Waals surface area contributed by atoms with Gasteiger partial charge in [-0.2, -0.15) is 8.78 Å². The summed E-state index contributed by atoms with van der Waals surface area (Å²) >= 11 is 0. The molecule has 2 N–H and O–H groups in total. The monoisotopic (exact) mass is 476 g/mol. The highest BCUT2D eigenvalue weighted by Gasteiger charge is 2.34. The number of carbonyl (C=O) groups excluding carboxylic acids is 3. The van der Waals surface area contributed by atoms with E-state index in [2.05, 4.69) is 15.4 Å². The predicted molar refractivity (Wildman–Crippen MR) is 114 cm³/mol. The third kappa shape index (κ3) is 6.00. The van der Waals surface area contributed by atoms with Crippen molar-refractivity contribution in [1.29, 1.82) is 0 Å². The zero-order valence-electron chi connectivity index (χ0n) is 18.3. The average Bonchev–Trinajstić information content (AvgIpc) is 2.82. The van der Waals surface area contributed by atoms with Crippen LogP contribution in [0.2, 0.25) is 0 Å². The van der Waals surface area contributed by atoms with E-state index in [1.54, 1.807) is 31.2 Å². The van der Waals surface area contributed by atoms with Crippen LogP contribution in [0.1, 0.15) is 28.9 Å². The topological polar surface area (TPSA) is 112 Å². The molecule has 1 unspecified atom stereocenters. The van der Waals surface area contributed by atoms with Crippen LogP contribution in [0, 0.1) is 0 Å². The number of alkyl halides is 2. The van der Waals surface area contributed by atoms with Gasteiger partial charge in [-0.1, -0.05) is 18.2 Å². The zero-order chi connectivity index (χ0) is 24.7. The van der Waals surface area contributed by atoms with E-state index >= 15 is 0 Å². The van der Waals surface area contributed by atoms with Crippen LogP contribution in [0.4, 0.5) is 13.6 Å². The van der Waals surface area contributed by atoms with Crippen LogP contribution in [-0.2, 0) is 14.3 Å². The molecule has 0 saturated heterocycles. The molecular formula is C23H22F2N2O7. The second-order valence-electron chi connectivity index (χ2n) is 6.90. The molecule has 11 heteroatoms. The van der Waals surface area contributed by atoms with Crippen molar-refractivity contribution in [3.63, 3.8) is 0 Å². The number of ether oxygens (including phenoxy) is 4. The van der Waals surface area contributed by atoms with Crippen LogP contribution in [0.3, 0.4) is 0 Å². The van der Waals surface area contributed by atoms with Crippen LogP contribution in [0.25, 0.3) is 0 Å². The summed E-state index contributed by atoms with van der Waals surface area (Å²) < 4.78 is 44.7. The number of halogens is 2. The number of hydrogen-bond acceptors (Lipinski definition) is 7. The number of benzene rings is 2. The van der Waals surface area contributed by atoms with Crippen molar-refractivity contribution in [2.45, 2.75) is 19.6 Å². The van der Waals surface area contributed by atoms with Gasteiger partial charge in [0.05, 0.1) is 36.6 Å². The summed E-state index contributed by atoms with van der Waals surface area (Å²) in [5.41, 5.74) is 0.591. The molecule has 0 aromatic heterocycles. The number of urea groups is 1. The number of methoxy groups -OCH3 is 1. The fraction of sp³-hybridized carbons (Fsp3) is 0.261. The number of esters is 2. The van der Waals surface area contributed by atoms with Gasteiger partial charge in [-0.3, -0.25) is 0 Å². The van der Waals surface area contributed by atoms with Gasteiger partial charge in [0.2, 0.25) is 0 Å². The maximum absolute atomic E-state index is 12.8. The van der Waals surface area contributed by atoms with Crippen molar-refractivity contribution >= 4 is 18.0 Å². The lowest BCUT2D eigenvalue weighted by Gasteiger charge is -2.29. The molecule has 2 aromatic rings. The minimum atomic E-state index is -3.05. The Labute approximate surface area is 193 Å². The van der Waals surface area contributed by atoms with E-state index in [-0.39, 0.29) is 29.2 Å². The Kier molecular flexibility index (Phi) is 8.01. The van der Waals surface area contributed by atoms with E-state index in [0.717, 1.165) is 6.07 Å². The molecule has 1 atom stereocenters. The number of carbonyl (C=O) groups is 3. The molecule has 1 heterocycles. The Bertz CT molecular complexity index is 1090. The summed E-state index contributed by atoms with van der Waals surface area (Å²) in [6.07, 6.45) is 0. The first-order chi connectivity index (χ1) is 16.3. The van der Waals surface area contributed by atoms with Crippen LogP contribution in [0.15, 0.2) is 59.8 Å². The van der Waals surface area contributed by atoms with Gasteiger partial charge in [0.1, 0.15) is 18.1 Å². The molecule has 0 aliphatic carbocycles. The van der Waals surface area contributed by atoms with Gasteiger partial charge in [0.25, 0.3) is 0 Å². The van der Waals surface area contributed by atoms with Crippen molar-refractivity contribution in [1.82, 2.24) is 10.6 Å². The molecule has 2 aromatic carbocycles. The van der Waals surface area contributed by atoms with Crippen molar-refractivity contribution in [2.75, 3.05) is 20.3 Å². The Morgan fingerprint density at radius 2 is 1.76 bits per heavy atom. The summed E-state index contributed by atoms with van der Waals surface area (Å²) in [4.78, 5) is 37.6. The van der Waals surface area contributed by atoms with E-state index < -0.39 is 37.2 Å². The fourth-order valence-electron chi connectivity index (χ4n) is 3.25. The molecule has 0 spiro atoms. The number of hydrogen-bond donors (Lipinski definition) is 2. The summed E-state index contributed by atoms with van der Waals surface area (Å²) in [6, 6.07) is 10.2. The smallest absolute Gasteiger partial charge is 0.387 e. The number of nitrogens with one attached hydrogen (secondary N) is 2. The predicted octanol–water partition coefficient (Wildman–Crippen LogP) is 3.32. The molecule has 34 heavy (non-hydrogen) atoms. The molecule has 9 nitrogen and oxygen atoms in total. The van der Waals surface area contributed by atoms with Crippen LogP contribution in [0.5, 0.6) is 11.5 Å². The molecule has 180 valence electrons. The van der Waals surface area contributed by atoms with Crippen LogP contribution < -0.4 is 20.1 Å². The minimum Gasteiger partial charge on any atom is -0.497 e. The molecule has 2 amide bonds. The lowest BCUT2D eigenvalue weighted by Crippen LogP contribution is -2.47. The molecule has 0 bridgehead atoms. The lowest BCUT2D eigenvalue weighted by atomic mass is 9.95. The van der Waals surface area contributed by atoms with Gasteiger partial charge in [-0.15, -0.1) is 0 Å². The van der Waals surface area contributed by atoms with Crippen molar-refractivity contribution in [2.24, 2.45) is 0 Å². The highest BCUT2D eigenvalue weighted by molar-refractivity contribution is 5.95. The third-order valence-electron chi connectivity index (χ3n) is 4.74. The maximum atomic E-state index is 12.8. The summed E-state index contributed by atoms with van der Waals surface area (Å²) in [7, 11) is 1.51. The largest absolute Gasteiger partial charge is 0.497 e. The highest BCUT2D eigenvalue weighted by atomic mass is 19.3. The van der Waals surface area contributed by atoms with E-state index in [9.17, 15) is 23.2 Å². The van der Waals surface area contributed by atoms with Gasteiger partial charge >= 0.3 is 24.6 Å². The normalized spacial score (nSPS) is 15.3. The highest BCUT2D eigenvalue weighted by Crippen LogP contribution is 2.29. The van der Waals surface area contributed by atoms with Crippen molar-refractivity contribution in [3.8, 4) is 11.5 Å². The van der Waals surface area contributed by atoms with E-state index in [4.69, 9.17) is 14.2 Å². The Balaban J connectivity index is 1.88. The van der Waals surface area contributed by atoms with E-state index in [1.807, 2.05) is 0 Å². The summed E-state index contributed by atoms with van der Waals surface area (Å²) in [6.45, 7) is -1.82. The first kappa shape index (κ1) is 24.5. The average molecular weight is 476 g/mol. The third-order valence-corrected chi connectivity index (χ3v) is 4.74. The maximum Gasteiger partial charge on any atom is 0.387 e. The molecule has 0 saturated carbocycles. The van der Waals surface area contributed by atoms with Crippen molar-refractivity contribution < 1.29 is 42.1 Å². The van der Waals surface area contributed by atoms with Gasteiger partial charge in [-0.25, -0.2) is 14.4 Å². The molecule has 0 fully saturated rings. The number of amides is 2. The Morgan fingerprint density at radius 3 is 2.41 bits per heavy atom. The van der Waals surface area contributed by atoms with Gasteiger partial charge in [0.15, 0.2) is 0 Å². The molecule has 1 aliphatic heterocycles. The molecule has 3 rings (SSSR count). The first-order valence-electron chi connectivity index (χ1n) is 10.2. The standard InChI is InChI=1S/C23H22F2N2O7/c1-3-32-21(29)18-17(12-33-20(28)14-5-4-6-16(11-14)34-22(24)25)26-23(30)27-19(18)13-7-9-15(31-2)10-8-13/h4-11,19,22H,3,12H2,1-2H3,(H2,26,27,30).